The highest BCUT2D eigenvalue weighted by Gasteiger charge is 2.18. The van der Waals surface area contributed by atoms with E-state index in [1.54, 1.807) is 30.6 Å². The van der Waals surface area contributed by atoms with Crippen molar-refractivity contribution in [2.75, 3.05) is 0 Å². The zero-order valence-electron chi connectivity index (χ0n) is 13.3. The summed E-state index contributed by atoms with van der Waals surface area (Å²) in [5, 5.41) is 4.05. The van der Waals surface area contributed by atoms with E-state index in [0.717, 1.165) is 11.1 Å². The molecule has 5 heteroatoms. The number of rotatable bonds is 5. The molecule has 0 aliphatic heterocycles. The Bertz CT molecular complexity index is 794. The highest BCUT2D eigenvalue weighted by Crippen LogP contribution is 2.26. The van der Waals surface area contributed by atoms with Crippen LogP contribution >= 0.6 is 23.2 Å². The van der Waals surface area contributed by atoms with E-state index in [0.29, 0.717) is 15.6 Å². The van der Waals surface area contributed by atoms with Crippen molar-refractivity contribution in [3.8, 4) is 0 Å². The first kappa shape index (κ1) is 17.5. The summed E-state index contributed by atoms with van der Waals surface area (Å²) in [6.07, 6.45) is 3.54. The quantitative estimate of drug-likeness (QED) is 0.698. The van der Waals surface area contributed by atoms with Crippen LogP contribution in [0.15, 0.2) is 73.1 Å². The van der Waals surface area contributed by atoms with Crippen molar-refractivity contribution in [3.63, 3.8) is 0 Å². The lowest BCUT2D eigenvalue weighted by molar-refractivity contribution is -0.120. The highest BCUT2D eigenvalue weighted by atomic mass is 35.5. The average molecular weight is 371 g/mol. The van der Waals surface area contributed by atoms with Crippen molar-refractivity contribution in [1.29, 1.82) is 0 Å². The van der Waals surface area contributed by atoms with E-state index in [4.69, 9.17) is 23.2 Å². The summed E-state index contributed by atoms with van der Waals surface area (Å²) >= 11 is 12.3. The summed E-state index contributed by atoms with van der Waals surface area (Å²) in [7, 11) is 0. The molecular weight excluding hydrogens is 355 g/mol. The van der Waals surface area contributed by atoms with Crippen LogP contribution in [0.3, 0.4) is 0 Å². The van der Waals surface area contributed by atoms with E-state index < -0.39 is 0 Å². The second kappa shape index (κ2) is 8.15. The summed E-state index contributed by atoms with van der Waals surface area (Å²) in [6.45, 7) is 0. The number of benzene rings is 2. The average Bonchev–Trinajstić information content (AvgIpc) is 2.64. The first-order chi connectivity index (χ1) is 12.1. The van der Waals surface area contributed by atoms with Crippen LogP contribution < -0.4 is 5.32 Å². The number of amides is 1. The molecule has 0 saturated carbocycles. The lowest BCUT2D eigenvalue weighted by Gasteiger charge is -2.20. The van der Waals surface area contributed by atoms with Crippen LogP contribution in [-0.2, 0) is 11.2 Å². The van der Waals surface area contributed by atoms with Crippen LogP contribution in [0, 0.1) is 0 Å². The Morgan fingerprint density at radius 2 is 1.48 bits per heavy atom. The monoisotopic (exact) mass is 370 g/mol. The van der Waals surface area contributed by atoms with Gasteiger partial charge in [-0.25, -0.2) is 0 Å². The van der Waals surface area contributed by atoms with E-state index in [2.05, 4.69) is 10.3 Å². The SMILES string of the molecule is O=C(Cc1c(Cl)cccc1Cl)NC(c1ccccc1)c1ccncc1. The van der Waals surface area contributed by atoms with Crippen LogP contribution in [0.2, 0.25) is 10.0 Å². The molecule has 25 heavy (non-hydrogen) atoms. The van der Waals surface area contributed by atoms with Crippen molar-refractivity contribution in [2.24, 2.45) is 0 Å². The molecule has 1 atom stereocenters. The second-order valence-electron chi connectivity index (χ2n) is 5.57. The van der Waals surface area contributed by atoms with Crippen molar-refractivity contribution in [2.45, 2.75) is 12.5 Å². The van der Waals surface area contributed by atoms with E-state index in [1.165, 1.54) is 0 Å². The maximum atomic E-state index is 12.6. The fourth-order valence-electron chi connectivity index (χ4n) is 2.63. The lowest BCUT2D eigenvalue weighted by atomic mass is 9.99. The number of hydrogen-bond donors (Lipinski definition) is 1. The third-order valence-electron chi connectivity index (χ3n) is 3.88. The van der Waals surface area contributed by atoms with E-state index in [-0.39, 0.29) is 18.4 Å². The molecule has 0 radical (unpaired) electrons. The minimum Gasteiger partial charge on any atom is -0.345 e. The summed E-state index contributed by atoms with van der Waals surface area (Å²) in [4.78, 5) is 16.7. The third-order valence-corrected chi connectivity index (χ3v) is 4.58. The number of nitrogens with one attached hydrogen (secondary N) is 1. The van der Waals surface area contributed by atoms with Gasteiger partial charge in [-0.3, -0.25) is 9.78 Å². The molecule has 1 unspecified atom stereocenters. The topological polar surface area (TPSA) is 42.0 Å². The van der Waals surface area contributed by atoms with E-state index >= 15 is 0 Å². The van der Waals surface area contributed by atoms with Crippen LogP contribution in [0.4, 0.5) is 0 Å². The van der Waals surface area contributed by atoms with Gasteiger partial charge in [-0.2, -0.15) is 0 Å². The molecular formula is C20H16Cl2N2O. The number of carbonyl (C=O) groups is 1. The number of nitrogens with zero attached hydrogens (tertiary/aromatic N) is 1. The van der Waals surface area contributed by atoms with Gasteiger partial charge in [0, 0.05) is 22.4 Å². The van der Waals surface area contributed by atoms with Gasteiger partial charge in [-0.1, -0.05) is 59.6 Å². The fraction of sp³-hybridized carbons (Fsp3) is 0.100. The van der Waals surface area contributed by atoms with Crippen molar-refractivity contribution in [3.05, 3.63) is 99.8 Å². The summed E-state index contributed by atoms with van der Waals surface area (Å²) in [5.41, 5.74) is 2.58. The molecule has 0 aliphatic rings. The van der Waals surface area contributed by atoms with Gasteiger partial charge >= 0.3 is 0 Å². The molecule has 0 bridgehead atoms. The first-order valence-corrected chi connectivity index (χ1v) is 8.58. The van der Waals surface area contributed by atoms with Crippen molar-refractivity contribution < 1.29 is 4.79 Å². The van der Waals surface area contributed by atoms with Gasteiger partial charge in [-0.05, 0) is 41.0 Å². The molecule has 0 aliphatic carbocycles. The molecule has 2 aromatic carbocycles. The second-order valence-corrected chi connectivity index (χ2v) is 6.38. The fourth-order valence-corrected chi connectivity index (χ4v) is 3.17. The molecule has 1 heterocycles. The molecule has 0 saturated heterocycles. The smallest absolute Gasteiger partial charge is 0.225 e. The molecule has 1 aromatic heterocycles. The summed E-state index contributed by atoms with van der Waals surface area (Å²) in [6, 6.07) is 18.5. The van der Waals surface area contributed by atoms with Gasteiger partial charge in [0.15, 0.2) is 0 Å². The Kier molecular flexibility index (Phi) is 5.69. The minimum absolute atomic E-state index is 0.118. The normalized spacial score (nSPS) is 11.8. The Hall–Kier alpha value is -2.36. The Balaban J connectivity index is 1.84. The lowest BCUT2D eigenvalue weighted by Crippen LogP contribution is -2.30. The standard InChI is InChI=1S/C20H16Cl2N2O/c21-17-7-4-8-18(22)16(17)13-19(25)24-20(14-5-2-1-3-6-14)15-9-11-23-12-10-15/h1-12,20H,13H2,(H,24,25). The zero-order valence-corrected chi connectivity index (χ0v) is 14.8. The minimum atomic E-state index is -0.266. The first-order valence-electron chi connectivity index (χ1n) is 7.82. The molecule has 1 N–H and O–H groups in total. The van der Waals surface area contributed by atoms with Crippen LogP contribution in [0.5, 0.6) is 0 Å². The zero-order chi connectivity index (χ0) is 17.6. The Morgan fingerprint density at radius 1 is 0.880 bits per heavy atom. The van der Waals surface area contributed by atoms with Gasteiger partial charge < -0.3 is 5.32 Å². The molecule has 1 amide bonds. The van der Waals surface area contributed by atoms with Gasteiger partial charge in [0.1, 0.15) is 0 Å². The number of carbonyl (C=O) groups excluding carboxylic acids is 1. The Morgan fingerprint density at radius 3 is 2.12 bits per heavy atom. The van der Waals surface area contributed by atoms with Crippen LogP contribution in [-0.4, -0.2) is 10.9 Å². The molecule has 3 rings (SSSR count). The molecule has 3 aromatic rings. The number of halogens is 2. The van der Waals surface area contributed by atoms with E-state index in [9.17, 15) is 4.79 Å². The Labute approximate surface area is 156 Å². The number of hydrogen-bond acceptors (Lipinski definition) is 2. The predicted molar refractivity (Wildman–Crippen MR) is 101 cm³/mol. The largest absolute Gasteiger partial charge is 0.345 e. The molecule has 0 spiro atoms. The van der Waals surface area contributed by atoms with Gasteiger partial charge in [0.25, 0.3) is 0 Å². The van der Waals surface area contributed by atoms with Gasteiger partial charge in [-0.15, -0.1) is 0 Å². The van der Waals surface area contributed by atoms with Gasteiger partial charge in [0.05, 0.1) is 12.5 Å². The summed E-state index contributed by atoms with van der Waals surface area (Å²) < 4.78 is 0. The molecule has 3 nitrogen and oxygen atoms in total. The van der Waals surface area contributed by atoms with Crippen LogP contribution in [0.25, 0.3) is 0 Å². The van der Waals surface area contributed by atoms with E-state index in [1.807, 2.05) is 42.5 Å². The summed E-state index contributed by atoms with van der Waals surface area (Å²) in [5.74, 6) is -0.152. The molecule has 126 valence electrons. The third kappa shape index (κ3) is 4.38. The maximum absolute atomic E-state index is 12.6. The molecule has 0 fully saturated rings. The van der Waals surface area contributed by atoms with Gasteiger partial charge in [0.2, 0.25) is 5.91 Å². The number of aromatic nitrogens is 1. The number of pyridine rings is 1. The highest BCUT2D eigenvalue weighted by molar-refractivity contribution is 6.36. The maximum Gasteiger partial charge on any atom is 0.225 e. The van der Waals surface area contributed by atoms with Crippen molar-refractivity contribution in [1.82, 2.24) is 10.3 Å². The van der Waals surface area contributed by atoms with Crippen LogP contribution in [0.1, 0.15) is 22.7 Å². The van der Waals surface area contributed by atoms with Crippen molar-refractivity contribution >= 4 is 29.1 Å². The predicted octanol–water partition coefficient (Wildman–Crippen LogP) is 4.84.